The van der Waals surface area contributed by atoms with E-state index in [4.69, 9.17) is 9.47 Å². The first-order valence-corrected chi connectivity index (χ1v) is 9.22. The van der Waals surface area contributed by atoms with Crippen LogP contribution in [0.4, 0.5) is 11.4 Å². The maximum Gasteiger partial charge on any atom is 0.119 e. The minimum Gasteiger partial charge on any atom is -0.497 e. The first-order chi connectivity index (χ1) is 12.4. The van der Waals surface area contributed by atoms with Crippen LogP contribution in [-0.4, -0.2) is 20.3 Å². The van der Waals surface area contributed by atoms with Crippen molar-refractivity contribution in [3.8, 4) is 11.5 Å². The first-order valence-electron chi connectivity index (χ1n) is 9.22. The summed E-state index contributed by atoms with van der Waals surface area (Å²) in [5.74, 6) is 2.26. The molecule has 2 aromatic rings. The van der Waals surface area contributed by atoms with Crippen molar-refractivity contribution >= 4 is 11.4 Å². The highest BCUT2D eigenvalue weighted by Crippen LogP contribution is 2.49. The van der Waals surface area contributed by atoms with Gasteiger partial charge in [-0.15, -0.1) is 0 Å². The number of benzene rings is 2. The highest BCUT2D eigenvalue weighted by Gasteiger charge is 2.44. The molecular formula is C22H30N2O2. The Hall–Kier alpha value is -2.36. The number of anilines is 2. The van der Waals surface area contributed by atoms with Gasteiger partial charge in [0, 0.05) is 28.4 Å². The van der Waals surface area contributed by atoms with Gasteiger partial charge in [-0.25, -0.2) is 0 Å². The van der Waals surface area contributed by atoms with Gasteiger partial charge in [-0.3, -0.25) is 0 Å². The third-order valence-electron chi connectivity index (χ3n) is 5.49. The van der Waals surface area contributed by atoms with Gasteiger partial charge in [0.15, 0.2) is 0 Å². The number of fused-ring (bicyclic) bond motifs is 1. The molecule has 0 spiro atoms. The summed E-state index contributed by atoms with van der Waals surface area (Å²) in [5, 5.41) is 7.52. The highest BCUT2D eigenvalue weighted by molar-refractivity contribution is 5.62. The zero-order chi connectivity index (χ0) is 18.9. The normalized spacial score (nSPS) is 20.9. The molecule has 1 aliphatic heterocycles. The molecular weight excluding hydrogens is 324 g/mol. The summed E-state index contributed by atoms with van der Waals surface area (Å²) >= 11 is 0. The van der Waals surface area contributed by atoms with E-state index in [0.717, 1.165) is 17.2 Å². The predicted molar refractivity (Wildman–Crippen MR) is 108 cm³/mol. The van der Waals surface area contributed by atoms with Crippen LogP contribution in [-0.2, 0) is 0 Å². The van der Waals surface area contributed by atoms with Crippen LogP contribution in [0.25, 0.3) is 0 Å². The summed E-state index contributed by atoms with van der Waals surface area (Å²) in [6.07, 6.45) is 0. The van der Waals surface area contributed by atoms with E-state index in [-0.39, 0.29) is 11.5 Å². The Morgan fingerprint density at radius 3 is 2.15 bits per heavy atom. The molecule has 1 aliphatic rings. The Kier molecular flexibility index (Phi) is 5.03. The fourth-order valence-corrected chi connectivity index (χ4v) is 4.12. The lowest BCUT2D eigenvalue weighted by atomic mass is 9.68. The Bertz CT molecular complexity index is 753. The molecule has 0 bridgehead atoms. The highest BCUT2D eigenvalue weighted by atomic mass is 16.5. The average molecular weight is 354 g/mol. The fraction of sp³-hybridized carbons (Fsp3) is 0.455. The van der Waals surface area contributed by atoms with E-state index in [2.05, 4.69) is 62.6 Å². The fourth-order valence-electron chi connectivity index (χ4n) is 4.12. The molecule has 0 saturated carbocycles. The van der Waals surface area contributed by atoms with E-state index in [9.17, 15) is 0 Å². The Morgan fingerprint density at radius 2 is 1.58 bits per heavy atom. The minimum atomic E-state index is 0.00740. The van der Waals surface area contributed by atoms with Gasteiger partial charge in [0.1, 0.15) is 11.5 Å². The van der Waals surface area contributed by atoms with Crippen LogP contribution in [0.2, 0.25) is 0 Å². The second-order valence-corrected chi connectivity index (χ2v) is 7.95. The van der Waals surface area contributed by atoms with Crippen LogP contribution >= 0.6 is 0 Å². The number of nitrogens with one attached hydrogen (secondary N) is 2. The van der Waals surface area contributed by atoms with Crippen molar-refractivity contribution in [1.29, 1.82) is 0 Å². The Morgan fingerprint density at radius 1 is 0.962 bits per heavy atom. The SMILES string of the molecule is COc1ccc(N[C@@H]2c3cc(OC)ccc3N[C@H](C(C)C)C2(C)C)cc1. The second-order valence-electron chi connectivity index (χ2n) is 7.95. The van der Waals surface area contributed by atoms with Gasteiger partial charge in [0.05, 0.1) is 20.3 Å². The molecule has 26 heavy (non-hydrogen) atoms. The topological polar surface area (TPSA) is 42.5 Å². The monoisotopic (exact) mass is 354 g/mol. The lowest BCUT2D eigenvalue weighted by Crippen LogP contribution is -2.49. The van der Waals surface area contributed by atoms with Gasteiger partial charge in [-0.1, -0.05) is 27.7 Å². The number of hydrogen-bond donors (Lipinski definition) is 2. The van der Waals surface area contributed by atoms with Crippen molar-refractivity contribution in [2.75, 3.05) is 24.9 Å². The summed E-state index contributed by atoms with van der Waals surface area (Å²) in [6.45, 7) is 9.21. The predicted octanol–water partition coefficient (Wildman–Crippen LogP) is 5.33. The molecule has 4 heteroatoms. The minimum absolute atomic E-state index is 0.00740. The van der Waals surface area contributed by atoms with Crippen molar-refractivity contribution in [3.63, 3.8) is 0 Å². The van der Waals surface area contributed by atoms with Crippen LogP contribution in [0.1, 0.15) is 39.3 Å². The molecule has 0 fully saturated rings. The largest absolute Gasteiger partial charge is 0.497 e. The van der Waals surface area contributed by atoms with Crippen molar-refractivity contribution in [3.05, 3.63) is 48.0 Å². The maximum absolute atomic E-state index is 5.48. The van der Waals surface area contributed by atoms with E-state index in [1.54, 1.807) is 14.2 Å². The van der Waals surface area contributed by atoms with E-state index in [1.807, 2.05) is 18.2 Å². The second kappa shape index (κ2) is 7.10. The molecule has 4 nitrogen and oxygen atoms in total. The van der Waals surface area contributed by atoms with E-state index in [1.165, 1.54) is 11.3 Å². The zero-order valence-electron chi connectivity index (χ0n) is 16.6. The van der Waals surface area contributed by atoms with Crippen molar-refractivity contribution in [2.24, 2.45) is 11.3 Å². The van der Waals surface area contributed by atoms with Gasteiger partial charge in [0.25, 0.3) is 0 Å². The van der Waals surface area contributed by atoms with Crippen molar-refractivity contribution in [2.45, 2.75) is 39.8 Å². The van der Waals surface area contributed by atoms with Crippen LogP contribution in [0.15, 0.2) is 42.5 Å². The molecule has 3 rings (SSSR count). The molecule has 2 N–H and O–H groups in total. The Labute approximate surface area is 156 Å². The number of rotatable bonds is 5. The summed E-state index contributed by atoms with van der Waals surface area (Å²) in [7, 11) is 3.40. The number of methoxy groups -OCH3 is 2. The van der Waals surface area contributed by atoms with Crippen LogP contribution < -0.4 is 20.1 Å². The summed E-state index contributed by atoms with van der Waals surface area (Å²) < 4.78 is 10.8. The molecule has 2 aromatic carbocycles. The van der Waals surface area contributed by atoms with Crippen LogP contribution in [0.3, 0.4) is 0 Å². The molecule has 0 radical (unpaired) electrons. The molecule has 0 aliphatic carbocycles. The van der Waals surface area contributed by atoms with Gasteiger partial charge in [-0.05, 0) is 48.4 Å². The zero-order valence-corrected chi connectivity index (χ0v) is 16.6. The Balaban J connectivity index is 2.03. The van der Waals surface area contributed by atoms with Crippen molar-refractivity contribution in [1.82, 2.24) is 0 Å². The summed E-state index contributed by atoms with van der Waals surface area (Å²) in [6, 6.07) is 14.9. The van der Waals surface area contributed by atoms with E-state index < -0.39 is 0 Å². The first kappa shape index (κ1) is 18.4. The van der Waals surface area contributed by atoms with Gasteiger partial charge in [0.2, 0.25) is 0 Å². The lowest BCUT2D eigenvalue weighted by molar-refractivity contribution is 0.205. The lowest BCUT2D eigenvalue weighted by Gasteiger charge is -2.49. The van der Waals surface area contributed by atoms with Gasteiger partial charge < -0.3 is 20.1 Å². The average Bonchev–Trinajstić information content (AvgIpc) is 2.63. The number of ether oxygens (including phenoxy) is 2. The van der Waals surface area contributed by atoms with E-state index >= 15 is 0 Å². The quantitative estimate of drug-likeness (QED) is 0.761. The molecule has 140 valence electrons. The van der Waals surface area contributed by atoms with Gasteiger partial charge >= 0.3 is 0 Å². The van der Waals surface area contributed by atoms with Crippen LogP contribution in [0.5, 0.6) is 11.5 Å². The molecule has 0 aromatic heterocycles. The molecule has 2 atom stereocenters. The molecule has 0 amide bonds. The molecule has 0 saturated heterocycles. The van der Waals surface area contributed by atoms with E-state index in [0.29, 0.717) is 12.0 Å². The number of hydrogen-bond acceptors (Lipinski definition) is 4. The van der Waals surface area contributed by atoms with Crippen LogP contribution in [0, 0.1) is 11.3 Å². The third kappa shape index (κ3) is 3.33. The standard InChI is InChI=1S/C22H30N2O2/c1-14(2)20-22(3,4)21(23-15-7-9-16(25-5)10-8-15)18-13-17(26-6)11-12-19(18)24-20/h7-14,20-21,23-24H,1-6H3/t20-,21-/m1/s1. The third-order valence-corrected chi connectivity index (χ3v) is 5.49. The summed E-state index contributed by atoms with van der Waals surface area (Å²) in [4.78, 5) is 0. The molecule has 0 unspecified atom stereocenters. The smallest absolute Gasteiger partial charge is 0.119 e. The molecule has 1 heterocycles. The van der Waals surface area contributed by atoms with Crippen molar-refractivity contribution < 1.29 is 9.47 Å². The van der Waals surface area contributed by atoms with Gasteiger partial charge in [-0.2, -0.15) is 0 Å². The summed E-state index contributed by atoms with van der Waals surface area (Å²) in [5.41, 5.74) is 3.51. The maximum atomic E-state index is 5.48.